The minimum atomic E-state index is -0.536. The van der Waals surface area contributed by atoms with Crippen molar-refractivity contribution in [2.45, 2.75) is 46.3 Å². The van der Waals surface area contributed by atoms with Gasteiger partial charge in [-0.2, -0.15) is 0 Å². The topological polar surface area (TPSA) is 51.7 Å². The molecule has 2 rings (SSSR count). The first-order valence-corrected chi connectivity index (χ1v) is 7.30. The maximum absolute atomic E-state index is 12.4. The zero-order valence-corrected chi connectivity index (χ0v) is 13.9. The van der Waals surface area contributed by atoms with Crippen LogP contribution in [0.2, 0.25) is 0 Å². The molecule has 0 radical (unpaired) electrons. The first kappa shape index (κ1) is 15.1. The molecule has 1 amide bonds. The number of amides is 1. The van der Waals surface area contributed by atoms with Crippen molar-refractivity contribution in [2.75, 3.05) is 11.4 Å². The van der Waals surface area contributed by atoms with Crippen molar-refractivity contribution in [3.8, 4) is 5.88 Å². The van der Waals surface area contributed by atoms with Crippen LogP contribution in [0.4, 0.5) is 10.5 Å². The zero-order valence-electron chi connectivity index (χ0n) is 12.4. The van der Waals surface area contributed by atoms with Crippen LogP contribution < -0.4 is 9.64 Å². The number of hydrogen-bond donors (Lipinski definition) is 0. The van der Waals surface area contributed by atoms with Gasteiger partial charge in [-0.1, -0.05) is 0 Å². The van der Waals surface area contributed by atoms with E-state index in [0.29, 0.717) is 18.1 Å². The number of fused-ring (bicyclic) bond motifs is 1. The summed E-state index contributed by atoms with van der Waals surface area (Å²) in [4.78, 5) is 18.2. The Balaban J connectivity index is 2.41. The highest BCUT2D eigenvalue weighted by Crippen LogP contribution is 2.38. The van der Waals surface area contributed by atoms with Crippen molar-refractivity contribution in [3.05, 3.63) is 16.2 Å². The molecule has 0 bridgehead atoms. The summed E-state index contributed by atoms with van der Waals surface area (Å²) in [5.74, 6) is 0.468. The average molecular weight is 343 g/mol. The highest BCUT2D eigenvalue weighted by atomic mass is 79.9. The van der Waals surface area contributed by atoms with Gasteiger partial charge in [0.2, 0.25) is 5.88 Å². The number of aromatic nitrogens is 1. The predicted molar refractivity (Wildman–Crippen MR) is 80.3 cm³/mol. The van der Waals surface area contributed by atoms with Crippen molar-refractivity contribution < 1.29 is 14.3 Å². The molecule has 1 aromatic rings. The van der Waals surface area contributed by atoms with Crippen molar-refractivity contribution in [1.29, 1.82) is 0 Å². The molecule has 2 heterocycles. The number of nitrogens with zero attached hydrogens (tertiary/aromatic N) is 2. The maximum Gasteiger partial charge on any atom is 0.415 e. The van der Waals surface area contributed by atoms with E-state index in [1.54, 1.807) is 11.1 Å². The van der Waals surface area contributed by atoms with Gasteiger partial charge in [0.05, 0.1) is 6.54 Å². The second kappa shape index (κ2) is 5.24. The summed E-state index contributed by atoms with van der Waals surface area (Å²) < 4.78 is 12.0. The molecule has 1 atom stereocenters. The Labute approximate surface area is 127 Å². The van der Waals surface area contributed by atoms with Crippen LogP contribution in [0.1, 0.15) is 33.3 Å². The van der Waals surface area contributed by atoms with E-state index in [4.69, 9.17) is 9.47 Å². The molecule has 1 unspecified atom stereocenters. The normalized spacial score (nSPS) is 18.3. The molecular weight excluding hydrogens is 324 g/mol. The molecule has 0 fully saturated rings. The molecule has 0 saturated heterocycles. The Hall–Kier alpha value is -1.30. The van der Waals surface area contributed by atoms with E-state index in [1.807, 2.05) is 34.6 Å². The van der Waals surface area contributed by atoms with Gasteiger partial charge in [-0.25, -0.2) is 9.78 Å². The Bertz CT molecular complexity index is 540. The first-order valence-electron chi connectivity index (χ1n) is 6.51. The Morgan fingerprint density at radius 1 is 1.55 bits per heavy atom. The van der Waals surface area contributed by atoms with E-state index in [1.165, 1.54) is 0 Å². The second-order valence-electron chi connectivity index (χ2n) is 5.90. The van der Waals surface area contributed by atoms with Gasteiger partial charge in [-0.05, 0) is 56.1 Å². The lowest BCUT2D eigenvalue weighted by Crippen LogP contribution is -2.45. The molecule has 0 saturated carbocycles. The summed E-state index contributed by atoms with van der Waals surface area (Å²) in [7, 11) is 0. The maximum atomic E-state index is 12.4. The highest BCUT2D eigenvalue weighted by molar-refractivity contribution is 9.10. The van der Waals surface area contributed by atoms with Crippen LogP contribution in [0.3, 0.4) is 0 Å². The van der Waals surface area contributed by atoms with Gasteiger partial charge in [0.25, 0.3) is 0 Å². The van der Waals surface area contributed by atoms with Gasteiger partial charge in [0.1, 0.15) is 17.4 Å². The standard InChI is InChI=1S/C14H19BrN2O3/c1-8-7-17(13(18)20-14(3,4)5)11-9(2)10(15)6-16-12(11)19-8/h6,8H,7H2,1-5H3. The van der Waals surface area contributed by atoms with Gasteiger partial charge in [0, 0.05) is 10.7 Å². The summed E-state index contributed by atoms with van der Waals surface area (Å²) >= 11 is 3.43. The molecule has 5 nitrogen and oxygen atoms in total. The van der Waals surface area contributed by atoms with Gasteiger partial charge in [0.15, 0.2) is 0 Å². The summed E-state index contributed by atoms with van der Waals surface area (Å²) in [5.41, 5.74) is 1.05. The quantitative estimate of drug-likeness (QED) is 0.721. The molecule has 6 heteroatoms. The third kappa shape index (κ3) is 3.06. The molecule has 110 valence electrons. The van der Waals surface area contributed by atoms with Crippen molar-refractivity contribution in [1.82, 2.24) is 4.98 Å². The first-order chi connectivity index (χ1) is 9.19. The number of hydrogen-bond acceptors (Lipinski definition) is 4. The molecular formula is C14H19BrN2O3. The summed E-state index contributed by atoms with van der Waals surface area (Å²) in [5, 5.41) is 0. The smallest absolute Gasteiger partial charge is 0.415 e. The van der Waals surface area contributed by atoms with Gasteiger partial charge in [-0.3, -0.25) is 4.90 Å². The van der Waals surface area contributed by atoms with Crippen molar-refractivity contribution >= 4 is 27.7 Å². The summed E-state index contributed by atoms with van der Waals surface area (Å²) in [6.07, 6.45) is 1.18. The van der Waals surface area contributed by atoms with E-state index in [0.717, 1.165) is 10.0 Å². The van der Waals surface area contributed by atoms with Crippen LogP contribution in [0.5, 0.6) is 5.88 Å². The summed E-state index contributed by atoms with van der Waals surface area (Å²) in [6, 6.07) is 0. The fourth-order valence-corrected chi connectivity index (χ4v) is 2.30. The fraction of sp³-hybridized carbons (Fsp3) is 0.571. The molecule has 20 heavy (non-hydrogen) atoms. The van der Waals surface area contributed by atoms with Crippen LogP contribution in [-0.2, 0) is 4.74 Å². The average Bonchev–Trinajstić information content (AvgIpc) is 2.31. The molecule has 1 aromatic heterocycles. The lowest BCUT2D eigenvalue weighted by molar-refractivity contribution is 0.0549. The highest BCUT2D eigenvalue weighted by Gasteiger charge is 2.33. The number of rotatable bonds is 0. The number of pyridine rings is 1. The monoisotopic (exact) mass is 342 g/mol. The Morgan fingerprint density at radius 3 is 2.80 bits per heavy atom. The molecule has 0 aliphatic carbocycles. The lowest BCUT2D eigenvalue weighted by atomic mass is 10.1. The largest absolute Gasteiger partial charge is 0.471 e. The van der Waals surface area contributed by atoms with E-state index >= 15 is 0 Å². The number of carbonyl (C=O) groups excluding carboxylic acids is 1. The second-order valence-corrected chi connectivity index (χ2v) is 6.76. The SMILES string of the molecule is Cc1c(Br)cnc2c1N(C(=O)OC(C)(C)C)CC(C)O2. The number of anilines is 1. The number of ether oxygens (including phenoxy) is 2. The van der Waals surface area contributed by atoms with E-state index in [-0.39, 0.29) is 12.2 Å². The molecule has 1 aliphatic heterocycles. The van der Waals surface area contributed by atoms with Gasteiger partial charge < -0.3 is 9.47 Å². The van der Waals surface area contributed by atoms with Crippen LogP contribution in [0.15, 0.2) is 10.7 Å². The predicted octanol–water partition coefficient (Wildman–Crippen LogP) is 3.67. The third-order valence-electron chi connectivity index (χ3n) is 2.85. The number of carbonyl (C=O) groups is 1. The van der Waals surface area contributed by atoms with Crippen molar-refractivity contribution in [2.24, 2.45) is 0 Å². The van der Waals surface area contributed by atoms with Crippen molar-refractivity contribution in [3.63, 3.8) is 0 Å². The molecule has 0 spiro atoms. The lowest BCUT2D eigenvalue weighted by Gasteiger charge is -2.35. The minimum absolute atomic E-state index is 0.122. The van der Waals surface area contributed by atoms with E-state index < -0.39 is 5.60 Å². The van der Waals surface area contributed by atoms with Gasteiger partial charge in [-0.15, -0.1) is 0 Å². The Kier molecular flexibility index (Phi) is 3.95. The Morgan fingerprint density at radius 2 is 2.20 bits per heavy atom. The molecule has 0 N–H and O–H groups in total. The van der Waals surface area contributed by atoms with Crippen LogP contribution in [0, 0.1) is 6.92 Å². The molecule has 0 aromatic carbocycles. The third-order valence-corrected chi connectivity index (χ3v) is 3.65. The van der Waals surface area contributed by atoms with Crippen LogP contribution >= 0.6 is 15.9 Å². The summed E-state index contributed by atoms with van der Waals surface area (Å²) in [6.45, 7) is 9.81. The van der Waals surface area contributed by atoms with E-state index in [9.17, 15) is 4.79 Å². The fourth-order valence-electron chi connectivity index (χ4n) is 2.01. The van der Waals surface area contributed by atoms with Gasteiger partial charge >= 0.3 is 6.09 Å². The number of halogens is 1. The van der Waals surface area contributed by atoms with E-state index in [2.05, 4.69) is 20.9 Å². The van der Waals surface area contributed by atoms with Crippen LogP contribution in [-0.4, -0.2) is 29.3 Å². The zero-order chi connectivity index (χ0) is 15.1. The van der Waals surface area contributed by atoms with Crippen LogP contribution in [0.25, 0.3) is 0 Å². The molecule has 1 aliphatic rings. The minimum Gasteiger partial charge on any atom is -0.471 e.